The van der Waals surface area contributed by atoms with Gasteiger partial charge in [0, 0.05) is 6.04 Å². The van der Waals surface area contributed by atoms with Gasteiger partial charge in [-0.3, -0.25) is 9.89 Å². The van der Waals surface area contributed by atoms with Crippen LogP contribution in [0, 0.1) is 12.8 Å². The van der Waals surface area contributed by atoms with Gasteiger partial charge in [-0.05, 0) is 19.3 Å². The molecule has 82 valence electrons. The summed E-state index contributed by atoms with van der Waals surface area (Å²) in [5, 5.41) is 9.51. The number of nitrogen functional groups attached to an aromatic ring is 1. The molecule has 1 aromatic heterocycles. The molecule has 1 amide bonds. The van der Waals surface area contributed by atoms with Crippen LogP contribution >= 0.6 is 0 Å². The normalized spacial score (nSPS) is 23.9. The van der Waals surface area contributed by atoms with Crippen LogP contribution in [0.4, 0.5) is 5.69 Å². The molecule has 5 heteroatoms. The number of carbonyl (C=O) groups excluding carboxylic acids is 1. The fraction of sp³-hybridized carbons (Fsp3) is 0.600. The zero-order valence-corrected chi connectivity index (χ0v) is 9.00. The molecule has 0 aromatic carbocycles. The Morgan fingerprint density at radius 2 is 2.47 bits per heavy atom. The molecule has 0 bridgehead atoms. The monoisotopic (exact) mass is 208 g/mol. The molecule has 2 unspecified atom stereocenters. The first-order valence-corrected chi connectivity index (χ1v) is 5.24. The number of nitrogens with one attached hydrogen (secondary N) is 2. The van der Waals surface area contributed by atoms with Gasteiger partial charge in [-0.2, -0.15) is 5.10 Å². The minimum absolute atomic E-state index is 0.169. The number of aromatic amines is 1. The number of H-pyrrole nitrogens is 1. The summed E-state index contributed by atoms with van der Waals surface area (Å²) in [7, 11) is 0. The largest absolute Gasteiger partial charge is 0.395 e. The molecule has 1 aliphatic carbocycles. The van der Waals surface area contributed by atoms with Crippen LogP contribution in [-0.2, 0) is 0 Å². The van der Waals surface area contributed by atoms with E-state index in [1.807, 2.05) is 0 Å². The number of nitrogens with two attached hydrogens (primary N) is 1. The van der Waals surface area contributed by atoms with E-state index in [1.165, 1.54) is 0 Å². The number of amides is 1. The minimum Gasteiger partial charge on any atom is -0.395 e. The number of hydrogen-bond acceptors (Lipinski definition) is 3. The molecule has 0 saturated heterocycles. The van der Waals surface area contributed by atoms with Crippen molar-refractivity contribution in [2.45, 2.75) is 32.7 Å². The fourth-order valence-corrected chi connectivity index (χ4v) is 1.72. The predicted octanol–water partition coefficient (Wildman–Crippen LogP) is 0.829. The Hall–Kier alpha value is -1.52. The molecule has 1 aromatic rings. The Morgan fingerprint density at radius 1 is 1.73 bits per heavy atom. The van der Waals surface area contributed by atoms with Gasteiger partial charge in [-0.25, -0.2) is 0 Å². The highest BCUT2D eigenvalue weighted by molar-refractivity contribution is 5.97. The Balaban J connectivity index is 2.00. The van der Waals surface area contributed by atoms with E-state index in [0.29, 0.717) is 23.3 Å². The summed E-state index contributed by atoms with van der Waals surface area (Å²) in [5.41, 5.74) is 7.21. The zero-order valence-electron chi connectivity index (χ0n) is 9.00. The van der Waals surface area contributed by atoms with Gasteiger partial charge in [0.2, 0.25) is 0 Å². The maximum absolute atomic E-state index is 11.7. The third-order valence-electron chi connectivity index (χ3n) is 2.97. The number of carbonyl (C=O) groups is 1. The van der Waals surface area contributed by atoms with Crippen molar-refractivity contribution in [2.24, 2.45) is 5.92 Å². The Bertz CT molecular complexity index is 385. The number of aryl methyl sites for hydroxylation is 1. The first-order valence-electron chi connectivity index (χ1n) is 5.24. The van der Waals surface area contributed by atoms with Gasteiger partial charge in [0.15, 0.2) is 5.69 Å². The molecule has 1 fully saturated rings. The van der Waals surface area contributed by atoms with Gasteiger partial charge in [0.25, 0.3) is 5.91 Å². The van der Waals surface area contributed by atoms with Crippen molar-refractivity contribution in [1.29, 1.82) is 0 Å². The van der Waals surface area contributed by atoms with Crippen LogP contribution in [0.25, 0.3) is 0 Å². The SMILES string of the molecule is CCC1CC1NC(=O)c1n[nH]c(C)c1N. The second-order valence-electron chi connectivity index (χ2n) is 4.09. The fourth-order valence-electron chi connectivity index (χ4n) is 1.72. The molecule has 1 aliphatic rings. The standard InChI is InChI=1S/C10H16N4O/c1-3-6-4-7(6)12-10(15)9-8(11)5(2)13-14-9/h6-7H,3-4,11H2,1-2H3,(H,12,15)(H,13,14). The molecule has 5 nitrogen and oxygen atoms in total. The topological polar surface area (TPSA) is 83.8 Å². The van der Waals surface area contributed by atoms with Crippen molar-refractivity contribution >= 4 is 11.6 Å². The van der Waals surface area contributed by atoms with Crippen LogP contribution in [0.2, 0.25) is 0 Å². The lowest BCUT2D eigenvalue weighted by molar-refractivity contribution is 0.0945. The first kappa shape index (κ1) is 10.0. The average Bonchev–Trinajstić information content (AvgIpc) is 2.87. The van der Waals surface area contributed by atoms with Crippen LogP contribution < -0.4 is 11.1 Å². The highest BCUT2D eigenvalue weighted by atomic mass is 16.2. The van der Waals surface area contributed by atoms with Crippen molar-refractivity contribution in [3.8, 4) is 0 Å². The summed E-state index contributed by atoms with van der Waals surface area (Å²) >= 11 is 0. The van der Waals surface area contributed by atoms with E-state index in [1.54, 1.807) is 6.92 Å². The Labute approximate surface area is 88.4 Å². The van der Waals surface area contributed by atoms with E-state index >= 15 is 0 Å². The molecular formula is C10H16N4O. The van der Waals surface area contributed by atoms with E-state index in [2.05, 4.69) is 22.4 Å². The molecule has 15 heavy (non-hydrogen) atoms. The number of rotatable bonds is 3. The number of aromatic nitrogens is 2. The molecule has 1 heterocycles. The van der Waals surface area contributed by atoms with Crippen molar-refractivity contribution in [2.75, 3.05) is 5.73 Å². The third kappa shape index (κ3) is 1.82. The lowest BCUT2D eigenvalue weighted by atomic mass is 10.3. The number of anilines is 1. The summed E-state index contributed by atoms with van der Waals surface area (Å²) in [6, 6.07) is 0.318. The second kappa shape index (κ2) is 3.56. The minimum atomic E-state index is -0.169. The molecule has 0 spiro atoms. The van der Waals surface area contributed by atoms with E-state index in [-0.39, 0.29) is 5.91 Å². The maximum Gasteiger partial charge on any atom is 0.274 e. The van der Waals surface area contributed by atoms with Crippen molar-refractivity contribution in [3.05, 3.63) is 11.4 Å². The third-order valence-corrected chi connectivity index (χ3v) is 2.97. The van der Waals surface area contributed by atoms with Crippen LogP contribution in [0.3, 0.4) is 0 Å². The lowest BCUT2D eigenvalue weighted by Gasteiger charge is -2.01. The van der Waals surface area contributed by atoms with Gasteiger partial charge >= 0.3 is 0 Å². The summed E-state index contributed by atoms with van der Waals surface area (Å²) in [5.74, 6) is 0.466. The lowest BCUT2D eigenvalue weighted by Crippen LogP contribution is -2.27. The number of nitrogens with zero attached hydrogens (tertiary/aromatic N) is 1. The summed E-state index contributed by atoms with van der Waals surface area (Å²) in [4.78, 5) is 11.7. The summed E-state index contributed by atoms with van der Waals surface area (Å²) < 4.78 is 0. The highest BCUT2D eigenvalue weighted by Crippen LogP contribution is 2.33. The van der Waals surface area contributed by atoms with Gasteiger partial charge in [0.05, 0.1) is 11.4 Å². The van der Waals surface area contributed by atoms with Crippen molar-refractivity contribution < 1.29 is 4.79 Å². The van der Waals surface area contributed by atoms with Gasteiger partial charge in [-0.1, -0.05) is 13.3 Å². The quantitative estimate of drug-likeness (QED) is 0.687. The van der Waals surface area contributed by atoms with Crippen LogP contribution in [0.15, 0.2) is 0 Å². The second-order valence-corrected chi connectivity index (χ2v) is 4.09. The smallest absolute Gasteiger partial charge is 0.274 e. The van der Waals surface area contributed by atoms with E-state index < -0.39 is 0 Å². The predicted molar refractivity (Wildman–Crippen MR) is 57.4 cm³/mol. The Morgan fingerprint density at radius 3 is 2.93 bits per heavy atom. The average molecular weight is 208 g/mol. The molecule has 2 rings (SSSR count). The molecule has 4 N–H and O–H groups in total. The van der Waals surface area contributed by atoms with E-state index in [9.17, 15) is 4.79 Å². The molecule has 1 saturated carbocycles. The first-order chi connectivity index (χ1) is 7.13. The molecule has 0 radical (unpaired) electrons. The summed E-state index contributed by atoms with van der Waals surface area (Å²) in [6.45, 7) is 3.93. The van der Waals surface area contributed by atoms with E-state index in [4.69, 9.17) is 5.73 Å². The molecule has 2 atom stereocenters. The summed E-state index contributed by atoms with van der Waals surface area (Å²) in [6.07, 6.45) is 2.19. The zero-order chi connectivity index (χ0) is 11.0. The molecule has 0 aliphatic heterocycles. The van der Waals surface area contributed by atoms with Gasteiger partial charge in [0.1, 0.15) is 0 Å². The Kier molecular flexibility index (Phi) is 2.38. The van der Waals surface area contributed by atoms with Crippen molar-refractivity contribution in [3.63, 3.8) is 0 Å². The van der Waals surface area contributed by atoms with Crippen molar-refractivity contribution in [1.82, 2.24) is 15.5 Å². The van der Waals surface area contributed by atoms with Crippen LogP contribution in [0.5, 0.6) is 0 Å². The van der Waals surface area contributed by atoms with Crippen LogP contribution in [0.1, 0.15) is 35.9 Å². The number of hydrogen-bond donors (Lipinski definition) is 3. The van der Waals surface area contributed by atoms with E-state index in [0.717, 1.165) is 18.5 Å². The molecular weight excluding hydrogens is 192 g/mol. The van der Waals surface area contributed by atoms with Gasteiger partial charge < -0.3 is 11.1 Å². The maximum atomic E-state index is 11.7. The highest BCUT2D eigenvalue weighted by Gasteiger charge is 2.37. The van der Waals surface area contributed by atoms with Crippen LogP contribution in [-0.4, -0.2) is 22.1 Å². The van der Waals surface area contributed by atoms with Gasteiger partial charge in [-0.15, -0.1) is 0 Å².